The van der Waals surface area contributed by atoms with Crippen molar-refractivity contribution in [1.82, 2.24) is 9.78 Å². The lowest BCUT2D eigenvalue weighted by Gasteiger charge is -2.20. The molecule has 0 saturated heterocycles. The van der Waals surface area contributed by atoms with E-state index in [2.05, 4.69) is 10.4 Å². The van der Waals surface area contributed by atoms with Crippen LogP contribution >= 0.6 is 0 Å². The third-order valence-electron chi connectivity index (χ3n) is 5.83. The van der Waals surface area contributed by atoms with Crippen LogP contribution in [-0.4, -0.2) is 15.7 Å². The van der Waals surface area contributed by atoms with Gasteiger partial charge >= 0.3 is 0 Å². The summed E-state index contributed by atoms with van der Waals surface area (Å²) in [6.45, 7) is 2.52. The average molecular weight is 341 g/mol. The van der Waals surface area contributed by atoms with Gasteiger partial charge in [0.1, 0.15) is 5.82 Å². The van der Waals surface area contributed by atoms with Crippen LogP contribution in [0.3, 0.4) is 0 Å². The van der Waals surface area contributed by atoms with E-state index in [9.17, 15) is 9.18 Å². The molecule has 0 aliphatic heterocycles. The number of anilines is 1. The Labute approximate surface area is 147 Å². The van der Waals surface area contributed by atoms with Gasteiger partial charge in [0.2, 0.25) is 5.91 Å². The Morgan fingerprint density at radius 1 is 1.28 bits per heavy atom. The summed E-state index contributed by atoms with van der Waals surface area (Å²) in [4.78, 5) is 12.4. The smallest absolute Gasteiger partial charge is 0.225 e. The standard InChI is InChI=1S/C20H24FN3O/c1-13-8-19(23-24(13)12-14-3-6-18(21)7-4-14)22-20(25)11-17-10-15-2-5-16(17)9-15/h3-4,6-8,15-17H,2,5,9-12H2,1H3,(H,22,23,25)/t15-,16-,17-/m0/s1. The van der Waals surface area contributed by atoms with Gasteiger partial charge in [0.05, 0.1) is 6.54 Å². The van der Waals surface area contributed by atoms with Crippen molar-refractivity contribution in [2.24, 2.45) is 17.8 Å². The van der Waals surface area contributed by atoms with Gasteiger partial charge in [-0.2, -0.15) is 5.10 Å². The van der Waals surface area contributed by atoms with Gasteiger partial charge in [-0.05, 0) is 61.6 Å². The zero-order valence-corrected chi connectivity index (χ0v) is 14.5. The Morgan fingerprint density at radius 3 is 2.76 bits per heavy atom. The molecular formula is C20H24FN3O. The summed E-state index contributed by atoms with van der Waals surface area (Å²) in [5, 5.41) is 7.43. The summed E-state index contributed by atoms with van der Waals surface area (Å²) >= 11 is 0. The van der Waals surface area contributed by atoms with Crippen LogP contribution in [0, 0.1) is 30.5 Å². The van der Waals surface area contributed by atoms with E-state index in [0.717, 1.165) is 23.1 Å². The van der Waals surface area contributed by atoms with Crippen LogP contribution < -0.4 is 5.32 Å². The molecule has 2 aliphatic carbocycles. The summed E-state index contributed by atoms with van der Waals surface area (Å²) in [5.74, 6) is 2.61. The van der Waals surface area contributed by atoms with Gasteiger partial charge in [0, 0.05) is 18.2 Å². The van der Waals surface area contributed by atoms with Gasteiger partial charge in [0.15, 0.2) is 5.82 Å². The SMILES string of the molecule is Cc1cc(NC(=O)C[C@@H]2C[C@H]3CC[C@H]2C3)nn1Cc1ccc(F)cc1. The largest absolute Gasteiger partial charge is 0.309 e. The first-order chi connectivity index (χ1) is 12.1. The number of amides is 1. The zero-order chi connectivity index (χ0) is 17.4. The lowest BCUT2D eigenvalue weighted by molar-refractivity contribution is -0.117. The maximum atomic E-state index is 13.0. The number of nitrogens with zero attached hydrogens (tertiary/aromatic N) is 2. The third-order valence-corrected chi connectivity index (χ3v) is 5.83. The quantitative estimate of drug-likeness (QED) is 0.888. The van der Waals surface area contributed by atoms with Crippen LogP contribution in [-0.2, 0) is 11.3 Å². The number of nitrogens with one attached hydrogen (secondary N) is 1. The fraction of sp³-hybridized carbons (Fsp3) is 0.500. The molecule has 2 bridgehead atoms. The van der Waals surface area contributed by atoms with Crippen LogP contribution in [0.5, 0.6) is 0 Å². The van der Waals surface area contributed by atoms with Gasteiger partial charge in [-0.3, -0.25) is 9.48 Å². The number of benzene rings is 1. The topological polar surface area (TPSA) is 46.9 Å². The lowest BCUT2D eigenvalue weighted by Crippen LogP contribution is -2.20. The first-order valence-corrected chi connectivity index (χ1v) is 9.15. The van der Waals surface area contributed by atoms with E-state index >= 15 is 0 Å². The van der Waals surface area contributed by atoms with E-state index in [0.29, 0.717) is 24.7 Å². The third kappa shape index (κ3) is 3.60. The molecule has 1 N–H and O–H groups in total. The first kappa shape index (κ1) is 16.3. The van der Waals surface area contributed by atoms with Gasteiger partial charge in [-0.25, -0.2) is 4.39 Å². The van der Waals surface area contributed by atoms with E-state index in [-0.39, 0.29) is 11.7 Å². The predicted octanol–water partition coefficient (Wildman–Crippen LogP) is 4.14. The van der Waals surface area contributed by atoms with Crippen molar-refractivity contribution in [2.45, 2.75) is 45.6 Å². The number of halogens is 1. The van der Waals surface area contributed by atoms with E-state index in [1.165, 1.54) is 37.8 Å². The molecule has 1 aromatic heterocycles. The number of hydrogen-bond acceptors (Lipinski definition) is 2. The highest BCUT2D eigenvalue weighted by Gasteiger charge is 2.40. The van der Waals surface area contributed by atoms with Crippen LogP contribution in [0.2, 0.25) is 0 Å². The first-order valence-electron chi connectivity index (χ1n) is 9.15. The van der Waals surface area contributed by atoms with Gasteiger partial charge in [-0.15, -0.1) is 0 Å². The molecule has 5 heteroatoms. The van der Waals surface area contributed by atoms with Crippen LogP contribution in [0.15, 0.2) is 30.3 Å². The minimum atomic E-state index is -0.241. The predicted molar refractivity (Wildman–Crippen MR) is 94.7 cm³/mol. The van der Waals surface area contributed by atoms with Crippen molar-refractivity contribution < 1.29 is 9.18 Å². The number of aromatic nitrogens is 2. The highest BCUT2D eigenvalue weighted by molar-refractivity contribution is 5.90. The molecule has 25 heavy (non-hydrogen) atoms. The number of carbonyl (C=O) groups is 1. The highest BCUT2D eigenvalue weighted by Crippen LogP contribution is 2.49. The second-order valence-electron chi connectivity index (χ2n) is 7.64. The molecule has 4 rings (SSSR count). The summed E-state index contributed by atoms with van der Waals surface area (Å²) in [5.41, 5.74) is 1.95. The highest BCUT2D eigenvalue weighted by atomic mass is 19.1. The zero-order valence-electron chi connectivity index (χ0n) is 14.5. The van der Waals surface area contributed by atoms with Crippen molar-refractivity contribution in [2.75, 3.05) is 5.32 Å². The number of fused-ring (bicyclic) bond motifs is 2. The Hall–Kier alpha value is -2.17. The van der Waals surface area contributed by atoms with Gasteiger partial charge in [-0.1, -0.05) is 18.6 Å². The van der Waals surface area contributed by atoms with E-state index in [1.54, 1.807) is 12.1 Å². The molecule has 0 unspecified atom stereocenters. The van der Waals surface area contributed by atoms with Gasteiger partial charge in [0.25, 0.3) is 0 Å². The molecule has 0 spiro atoms. The molecule has 1 amide bonds. The van der Waals surface area contributed by atoms with Crippen LogP contribution in [0.1, 0.15) is 43.4 Å². The number of carbonyl (C=O) groups excluding carboxylic acids is 1. The Kier molecular flexibility index (Phi) is 4.32. The molecule has 1 heterocycles. The normalized spacial score (nSPS) is 24.6. The van der Waals surface area contributed by atoms with Crippen molar-refractivity contribution in [3.63, 3.8) is 0 Å². The van der Waals surface area contributed by atoms with Crippen molar-refractivity contribution in [1.29, 1.82) is 0 Å². The maximum absolute atomic E-state index is 13.0. The molecule has 2 aromatic rings. The summed E-state index contributed by atoms with van der Waals surface area (Å²) in [7, 11) is 0. The number of rotatable bonds is 5. The van der Waals surface area contributed by atoms with E-state index in [4.69, 9.17) is 0 Å². The maximum Gasteiger partial charge on any atom is 0.225 e. The molecule has 4 nitrogen and oxygen atoms in total. The molecule has 2 saturated carbocycles. The van der Waals surface area contributed by atoms with E-state index < -0.39 is 0 Å². The number of hydrogen-bond donors (Lipinski definition) is 1. The molecule has 0 radical (unpaired) electrons. The molecule has 2 aliphatic rings. The van der Waals surface area contributed by atoms with E-state index in [1.807, 2.05) is 17.7 Å². The van der Waals surface area contributed by atoms with Crippen LogP contribution in [0.25, 0.3) is 0 Å². The number of aryl methyl sites for hydroxylation is 1. The fourth-order valence-electron chi connectivity index (χ4n) is 4.55. The minimum Gasteiger partial charge on any atom is -0.309 e. The summed E-state index contributed by atoms with van der Waals surface area (Å²) < 4.78 is 14.8. The molecule has 1 aromatic carbocycles. The molecular weight excluding hydrogens is 317 g/mol. The Morgan fingerprint density at radius 2 is 2.08 bits per heavy atom. The van der Waals surface area contributed by atoms with Crippen molar-refractivity contribution in [3.8, 4) is 0 Å². The Balaban J connectivity index is 1.36. The molecule has 2 fully saturated rings. The average Bonchev–Trinajstić information content (AvgIpc) is 3.26. The monoisotopic (exact) mass is 341 g/mol. The second kappa shape index (κ2) is 6.62. The van der Waals surface area contributed by atoms with Gasteiger partial charge < -0.3 is 5.32 Å². The lowest BCUT2D eigenvalue weighted by atomic mass is 9.86. The van der Waals surface area contributed by atoms with Crippen LogP contribution in [0.4, 0.5) is 10.2 Å². The molecule has 132 valence electrons. The minimum absolute atomic E-state index is 0.0731. The Bertz CT molecular complexity index is 768. The fourth-order valence-corrected chi connectivity index (χ4v) is 4.55. The van der Waals surface area contributed by atoms with Crippen molar-refractivity contribution >= 4 is 11.7 Å². The second-order valence-corrected chi connectivity index (χ2v) is 7.64. The summed E-state index contributed by atoms with van der Waals surface area (Å²) in [6, 6.07) is 8.30. The molecule has 3 atom stereocenters. The summed E-state index contributed by atoms with van der Waals surface area (Å²) in [6.07, 6.45) is 5.81. The van der Waals surface area contributed by atoms with Crippen molar-refractivity contribution in [3.05, 3.63) is 47.4 Å².